The molecule has 5 heteroatoms. The molecule has 2 unspecified atom stereocenters. The fourth-order valence-electron chi connectivity index (χ4n) is 6.58. The summed E-state index contributed by atoms with van der Waals surface area (Å²) in [4.78, 5) is 16.6. The third-order valence-electron chi connectivity index (χ3n) is 6.87. The summed E-state index contributed by atoms with van der Waals surface area (Å²) < 4.78 is 0. The molecule has 1 saturated heterocycles. The van der Waals surface area contributed by atoms with Crippen molar-refractivity contribution in [1.29, 1.82) is 0 Å². The van der Waals surface area contributed by atoms with Crippen LogP contribution in [-0.2, 0) is 4.79 Å². The highest BCUT2D eigenvalue weighted by Gasteiger charge is 2.60. The first-order chi connectivity index (χ1) is 10.5. The molecule has 120 valence electrons. The number of rotatable bonds is 1. The van der Waals surface area contributed by atoms with Crippen LogP contribution in [0, 0.1) is 11.8 Å². The van der Waals surface area contributed by atoms with Gasteiger partial charge in [-0.25, -0.2) is 0 Å². The molecule has 3 N–H and O–H groups in total. The lowest BCUT2D eigenvalue weighted by Gasteiger charge is -2.64. The number of fused-ring (bicyclic) bond motifs is 1. The van der Waals surface area contributed by atoms with Crippen molar-refractivity contribution >= 4 is 5.91 Å². The highest BCUT2D eigenvalue weighted by molar-refractivity contribution is 5.82. The van der Waals surface area contributed by atoms with Gasteiger partial charge in [0.1, 0.15) is 5.82 Å². The van der Waals surface area contributed by atoms with Crippen molar-refractivity contribution in [2.75, 3.05) is 13.1 Å². The van der Waals surface area contributed by atoms with Gasteiger partial charge in [-0.3, -0.25) is 4.79 Å². The van der Waals surface area contributed by atoms with E-state index in [0.717, 1.165) is 63.0 Å². The minimum absolute atomic E-state index is 0.0692. The molecule has 5 fully saturated rings. The van der Waals surface area contributed by atoms with Crippen molar-refractivity contribution in [2.24, 2.45) is 17.6 Å². The number of aliphatic hydroxyl groups is 1. The Bertz CT molecular complexity index is 570. The van der Waals surface area contributed by atoms with Gasteiger partial charge in [0.2, 0.25) is 5.91 Å². The van der Waals surface area contributed by atoms with E-state index < -0.39 is 5.60 Å². The smallest absolute Gasteiger partial charge is 0.246 e. The number of hydrogen-bond donors (Lipinski definition) is 2. The summed E-state index contributed by atoms with van der Waals surface area (Å²) in [6.07, 6.45) is 8.12. The standard InChI is InChI=1S/C17H25N3O2/c18-15-13-2-1-3-19(13)14(21)9-20(15)16-5-11-4-12(6-16)8-17(22,7-11)10-16/h11-12,22H,1-10,18H2. The van der Waals surface area contributed by atoms with Gasteiger partial charge in [-0.05, 0) is 63.2 Å². The second-order valence-electron chi connectivity index (χ2n) is 8.48. The Kier molecular flexibility index (Phi) is 2.40. The van der Waals surface area contributed by atoms with Crippen LogP contribution in [0.25, 0.3) is 0 Å². The molecule has 2 aliphatic heterocycles. The van der Waals surface area contributed by atoms with Gasteiger partial charge in [-0.15, -0.1) is 0 Å². The lowest BCUT2D eigenvalue weighted by Crippen LogP contribution is -2.67. The number of carbonyl (C=O) groups is 1. The predicted octanol–water partition coefficient (Wildman–Crippen LogP) is 1.14. The summed E-state index contributed by atoms with van der Waals surface area (Å²) in [6, 6.07) is 0. The van der Waals surface area contributed by atoms with E-state index in [-0.39, 0.29) is 11.4 Å². The van der Waals surface area contributed by atoms with Gasteiger partial charge in [0.25, 0.3) is 0 Å². The molecule has 0 aromatic heterocycles. The van der Waals surface area contributed by atoms with E-state index in [9.17, 15) is 9.90 Å². The number of nitrogens with two attached hydrogens (primary N) is 1. The largest absolute Gasteiger partial charge is 0.390 e. The van der Waals surface area contributed by atoms with Gasteiger partial charge in [0, 0.05) is 12.1 Å². The molecule has 1 amide bonds. The summed E-state index contributed by atoms with van der Waals surface area (Å²) >= 11 is 0. The van der Waals surface area contributed by atoms with Crippen molar-refractivity contribution in [2.45, 2.75) is 62.5 Å². The Balaban J connectivity index is 1.57. The van der Waals surface area contributed by atoms with Crippen LogP contribution in [0.4, 0.5) is 0 Å². The average molecular weight is 303 g/mol. The molecule has 2 heterocycles. The highest BCUT2D eigenvalue weighted by atomic mass is 16.3. The molecular weight excluding hydrogens is 278 g/mol. The second-order valence-corrected chi connectivity index (χ2v) is 8.48. The quantitative estimate of drug-likeness (QED) is 0.762. The molecule has 0 aromatic rings. The van der Waals surface area contributed by atoms with E-state index in [1.54, 1.807) is 0 Å². The zero-order chi connectivity index (χ0) is 15.1. The van der Waals surface area contributed by atoms with E-state index in [0.29, 0.717) is 18.4 Å². The maximum Gasteiger partial charge on any atom is 0.246 e. The van der Waals surface area contributed by atoms with Crippen LogP contribution in [0.1, 0.15) is 51.4 Å². The molecule has 4 bridgehead atoms. The van der Waals surface area contributed by atoms with Crippen LogP contribution < -0.4 is 5.73 Å². The molecule has 6 aliphatic rings. The molecule has 4 saturated carbocycles. The summed E-state index contributed by atoms with van der Waals surface area (Å²) in [6.45, 7) is 1.23. The molecule has 5 nitrogen and oxygen atoms in total. The van der Waals surface area contributed by atoms with E-state index in [1.807, 2.05) is 4.90 Å². The van der Waals surface area contributed by atoms with E-state index in [4.69, 9.17) is 5.73 Å². The van der Waals surface area contributed by atoms with Gasteiger partial charge >= 0.3 is 0 Å². The first-order valence-electron chi connectivity index (χ1n) is 8.77. The van der Waals surface area contributed by atoms with Crippen molar-refractivity contribution < 1.29 is 9.90 Å². The van der Waals surface area contributed by atoms with E-state index in [1.165, 1.54) is 6.42 Å². The molecule has 0 spiro atoms. The van der Waals surface area contributed by atoms with Crippen LogP contribution in [0.15, 0.2) is 11.5 Å². The summed E-state index contributed by atoms with van der Waals surface area (Å²) in [5.74, 6) is 2.24. The predicted molar refractivity (Wildman–Crippen MR) is 81.2 cm³/mol. The van der Waals surface area contributed by atoms with Gasteiger partial charge < -0.3 is 20.6 Å². The van der Waals surface area contributed by atoms with Crippen molar-refractivity contribution in [3.8, 4) is 0 Å². The Morgan fingerprint density at radius 3 is 2.59 bits per heavy atom. The SMILES string of the molecule is NC1=C2CCCN2C(=O)CN1C12CC3CC(CC(O)(C3)C1)C2. The average Bonchev–Trinajstić information content (AvgIpc) is 2.90. The maximum atomic E-state index is 12.5. The van der Waals surface area contributed by atoms with Gasteiger partial charge in [0.05, 0.1) is 17.8 Å². The monoisotopic (exact) mass is 303 g/mol. The number of allylic oxidation sites excluding steroid dienone is 1. The lowest BCUT2D eigenvalue weighted by atomic mass is 9.50. The van der Waals surface area contributed by atoms with Gasteiger partial charge in [-0.1, -0.05) is 0 Å². The van der Waals surface area contributed by atoms with Crippen LogP contribution >= 0.6 is 0 Å². The van der Waals surface area contributed by atoms with Crippen LogP contribution in [0.3, 0.4) is 0 Å². The number of carbonyl (C=O) groups excluding carboxylic acids is 1. The number of amides is 1. The van der Waals surface area contributed by atoms with Crippen LogP contribution in [-0.4, -0.2) is 45.0 Å². The van der Waals surface area contributed by atoms with Crippen molar-refractivity contribution in [3.63, 3.8) is 0 Å². The second kappa shape index (κ2) is 3.99. The first kappa shape index (κ1) is 13.2. The molecule has 4 aliphatic carbocycles. The van der Waals surface area contributed by atoms with Crippen molar-refractivity contribution in [1.82, 2.24) is 9.80 Å². The number of hydrogen-bond acceptors (Lipinski definition) is 4. The fraction of sp³-hybridized carbons (Fsp3) is 0.824. The summed E-state index contributed by atoms with van der Waals surface area (Å²) in [7, 11) is 0. The van der Waals surface area contributed by atoms with Crippen LogP contribution in [0.2, 0.25) is 0 Å². The Hall–Kier alpha value is -1.23. The van der Waals surface area contributed by atoms with Gasteiger partial charge in [-0.2, -0.15) is 0 Å². The third-order valence-corrected chi connectivity index (χ3v) is 6.87. The molecule has 6 rings (SSSR count). The zero-order valence-electron chi connectivity index (χ0n) is 13.1. The first-order valence-corrected chi connectivity index (χ1v) is 8.77. The van der Waals surface area contributed by atoms with Crippen molar-refractivity contribution in [3.05, 3.63) is 11.5 Å². The normalized spacial score (nSPS) is 46.7. The van der Waals surface area contributed by atoms with Gasteiger partial charge in [0.15, 0.2) is 0 Å². The van der Waals surface area contributed by atoms with E-state index >= 15 is 0 Å². The summed E-state index contributed by atoms with van der Waals surface area (Å²) in [5, 5.41) is 11.0. The zero-order valence-corrected chi connectivity index (χ0v) is 13.1. The minimum atomic E-state index is -0.509. The Morgan fingerprint density at radius 1 is 1.18 bits per heavy atom. The van der Waals surface area contributed by atoms with E-state index in [2.05, 4.69) is 4.90 Å². The molecular formula is C17H25N3O2. The van der Waals surface area contributed by atoms with Crippen LogP contribution in [0.5, 0.6) is 0 Å². The lowest BCUT2D eigenvalue weighted by molar-refractivity contribution is -0.175. The topological polar surface area (TPSA) is 69.8 Å². The molecule has 2 atom stereocenters. The number of nitrogens with zero attached hydrogens (tertiary/aromatic N) is 2. The molecule has 0 aromatic carbocycles. The fourth-order valence-corrected chi connectivity index (χ4v) is 6.58. The summed E-state index contributed by atoms with van der Waals surface area (Å²) in [5.41, 5.74) is 6.98. The maximum absolute atomic E-state index is 12.5. The third kappa shape index (κ3) is 1.60. The Labute approximate surface area is 131 Å². The Morgan fingerprint density at radius 2 is 1.91 bits per heavy atom. The molecule has 22 heavy (non-hydrogen) atoms. The minimum Gasteiger partial charge on any atom is -0.390 e. The molecule has 0 radical (unpaired) electrons. The highest BCUT2D eigenvalue weighted by Crippen LogP contribution is 2.60.